The Morgan fingerprint density at radius 3 is 2.57 bits per heavy atom. The number of aromatic nitrogens is 3. The molecule has 72 valence electrons. The zero-order valence-corrected chi connectivity index (χ0v) is 8.57. The first-order valence-corrected chi connectivity index (χ1v) is 4.60. The van der Waals surface area contributed by atoms with Crippen LogP contribution in [0.1, 0.15) is 5.56 Å². The minimum absolute atomic E-state index is 0.406. The molecule has 0 spiro atoms. The second-order valence-electron chi connectivity index (χ2n) is 3.01. The van der Waals surface area contributed by atoms with Crippen molar-refractivity contribution in [1.29, 1.82) is 0 Å². The highest BCUT2D eigenvalue weighted by Crippen LogP contribution is 2.20. The molecule has 0 aliphatic heterocycles. The number of benzene rings is 1. The monoisotopic (exact) mass is 206 g/mol. The fourth-order valence-corrected chi connectivity index (χ4v) is 1.43. The van der Waals surface area contributed by atoms with Crippen molar-refractivity contribution < 1.29 is 0 Å². The van der Waals surface area contributed by atoms with Gasteiger partial charge < -0.3 is 5.84 Å². The van der Waals surface area contributed by atoms with Gasteiger partial charge in [-0.15, -0.1) is 22.8 Å². The molecule has 0 saturated carbocycles. The van der Waals surface area contributed by atoms with Crippen LogP contribution in [0.3, 0.4) is 0 Å². The Morgan fingerprint density at radius 2 is 2.00 bits per heavy atom. The fraction of sp³-hybridized carbons (Fsp3) is 0.111. The molecule has 2 N–H and O–H groups in total. The summed E-state index contributed by atoms with van der Waals surface area (Å²) in [5, 5.41) is 8.15. The Kier molecular flexibility index (Phi) is 2.17. The van der Waals surface area contributed by atoms with E-state index in [4.69, 9.17) is 5.84 Å². The summed E-state index contributed by atoms with van der Waals surface area (Å²) in [6.07, 6.45) is 0. The Bertz CT molecular complexity index is 464. The number of thiol groups is 1. The van der Waals surface area contributed by atoms with Crippen molar-refractivity contribution in [2.45, 2.75) is 12.1 Å². The van der Waals surface area contributed by atoms with Crippen molar-refractivity contribution in [2.75, 3.05) is 5.84 Å². The van der Waals surface area contributed by atoms with E-state index in [1.165, 1.54) is 4.68 Å². The van der Waals surface area contributed by atoms with Crippen LogP contribution in [0, 0.1) is 6.92 Å². The largest absolute Gasteiger partial charge is 0.335 e. The number of nitrogens with two attached hydrogens (primary N) is 1. The minimum atomic E-state index is 0.406. The van der Waals surface area contributed by atoms with E-state index in [0.29, 0.717) is 11.0 Å². The molecule has 14 heavy (non-hydrogen) atoms. The lowest BCUT2D eigenvalue weighted by molar-refractivity contribution is 0.855. The van der Waals surface area contributed by atoms with Crippen molar-refractivity contribution in [3.8, 4) is 11.4 Å². The number of hydrogen-bond donors (Lipinski definition) is 2. The molecule has 0 aliphatic rings. The van der Waals surface area contributed by atoms with Gasteiger partial charge in [0.05, 0.1) is 0 Å². The lowest BCUT2D eigenvalue weighted by atomic mass is 10.1. The van der Waals surface area contributed by atoms with E-state index in [9.17, 15) is 0 Å². The van der Waals surface area contributed by atoms with Crippen LogP contribution >= 0.6 is 12.6 Å². The second-order valence-corrected chi connectivity index (χ2v) is 3.41. The molecule has 1 heterocycles. The van der Waals surface area contributed by atoms with Gasteiger partial charge in [0.25, 0.3) is 0 Å². The molecular weight excluding hydrogens is 196 g/mol. The quantitative estimate of drug-likeness (QED) is 0.545. The van der Waals surface area contributed by atoms with Crippen LogP contribution in [0.2, 0.25) is 0 Å². The molecule has 2 rings (SSSR count). The Labute approximate surface area is 87.1 Å². The van der Waals surface area contributed by atoms with Crippen LogP contribution in [0.15, 0.2) is 29.4 Å². The maximum atomic E-state index is 5.72. The van der Waals surface area contributed by atoms with E-state index in [0.717, 1.165) is 11.1 Å². The molecule has 0 fully saturated rings. The van der Waals surface area contributed by atoms with Gasteiger partial charge in [-0.2, -0.15) is 0 Å². The number of nitrogen functional groups attached to an aromatic ring is 1. The first-order valence-electron chi connectivity index (χ1n) is 4.15. The van der Waals surface area contributed by atoms with Crippen LogP contribution in [-0.4, -0.2) is 14.9 Å². The van der Waals surface area contributed by atoms with E-state index in [2.05, 4.69) is 22.8 Å². The van der Waals surface area contributed by atoms with E-state index < -0.39 is 0 Å². The highest BCUT2D eigenvalue weighted by atomic mass is 32.1. The van der Waals surface area contributed by atoms with Crippen molar-refractivity contribution in [1.82, 2.24) is 14.9 Å². The fourth-order valence-electron chi connectivity index (χ4n) is 1.29. The first-order chi connectivity index (χ1) is 6.70. The summed E-state index contributed by atoms with van der Waals surface area (Å²) in [5.74, 6) is 6.35. The second kappa shape index (κ2) is 3.34. The number of nitrogens with zero attached hydrogens (tertiary/aromatic N) is 3. The molecule has 1 aromatic heterocycles. The summed E-state index contributed by atoms with van der Waals surface area (Å²) in [6, 6.07) is 7.87. The highest BCUT2D eigenvalue weighted by Gasteiger charge is 2.10. The molecule has 2 aromatic rings. The molecule has 5 heteroatoms. The van der Waals surface area contributed by atoms with Gasteiger partial charge >= 0.3 is 0 Å². The van der Waals surface area contributed by atoms with Crippen molar-refractivity contribution in [3.05, 3.63) is 29.8 Å². The standard InChI is InChI=1S/C9H10N4S/c1-6-4-2-3-5-7(6)8-11-12-9(14)13(8)10/h2-5H,10H2,1H3,(H,12,14). The molecule has 0 radical (unpaired) electrons. The van der Waals surface area contributed by atoms with E-state index in [-0.39, 0.29) is 0 Å². The van der Waals surface area contributed by atoms with Crippen molar-refractivity contribution >= 4 is 12.6 Å². The summed E-state index contributed by atoms with van der Waals surface area (Å²) in [4.78, 5) is 0. The van der Waals surface area contributed by atoms with E-state index >= 15 is 0 Å². The van der Waals surface area contributed by atoms with Gasteiger partial charge in [0.2, 0.25) is 5.16 Å². The van der Waals surface area contributed by atoms with Gasteiger partial charge in [0.15, 0.2) is 5.82 Å². The zero-order valence-electron chi connectivity index (χ0n) is 7.68. The molecule has 0 bridgehead atoms. The van der Waals surface area contributed by atoms with Crippen molar-refractivity contribution in [2.24, 2.45) is 0 Å². The molecule has 1 aromatic carbocycles. The normalized spacial score (nSPS) is 10.4. The van der Waals surface area contributed by atoms with Gasteiger partial charge in [-0.3, -0.25) is 0 Å². The van der Waals surface area contributed by atoms with Gasteiger partial charge in [0.1, 0.15) is 0 Å². The van der Waals surface area contributed by atoms with E-state index in [1.807, 2.05) is 31.2 Å². The van der Waals surface area contributed by atoms with Gasteiger partial charge in [-0.25, -0.2) is 4.68 Å². The zero-order chi connectivity index (χ0) is 10.1. The van der Waals surface area contributed by atoms with E-state index in [1.54, 1.807) is 0 Å². The molecule has 0 amide bonds. The molecule has 0 saturated heterocycles. The predicted octanol–water partition coefficient (Wildman–Crippen LogP) is 1.26. The van der Waals surface area contributed by atoms with Crippen LogP contribution in [0.25, 0.3) is 11.4 Å². The average molecular weight is 206 g/mol. The Balaban J connectivity index is 2.60. The predicted molar refractivity (Wildman–Crippen MR) is 57.6 cm³/mol. The molecular formula is C9H10N4S. The molecule has 0 unspecified atom stereocenters. The smallest absolute Gasteiger partial charge is 0.206 e. The van der Waals surface area contributed by atoms with Crippen LogP contribution < -0.4 is 5.84 Å². The number of aryl methyl sites for hydroxylation is 1. The highest BCUT2D eigenvalue weighted by molar-refractivity contribution is 7.80. The van der Waals surface area contributed by atoms with Crippen LogP contribution in [0.5, 0.6) is 0 Å². The lowest BCUT2D eigenvalue weighted by Crippen LogP contribution is -2.10. The minimum Gasteiger partial charge on any atom is -0.335 e. The van der Waals surface area contributed by atoms with Crippen molar-refractivity contribution in [3.63, 3.8) is 0 Å². The maximum absolute atomic E-state index is 5.72. The summed E-state index contributed by atoms with van der Waals surface area (Å²) in [5.41, 5.74) is 2.09. The number of rotatable bonds is 1. The summed E-state index contributed by atoms with van der Waals surface area (Å²) in [7, 11) is 0. The summed E-state index contributed by atoms with van der Waals surface area (Å²) >= 11 is 4.07. The average Bonchev–Trinajstić information content (AvgIpc) is 2.49. The first kappa shape index (κ1) is 9.08. The Morgan fingerprint density at radius 1 is 1.29 bits per heavy atom. The third kappa shape index (κ3) is 1.35. The summed E-state index contributed by atoms with van der Waals surface area (Å²) in [6.45, 7) is 2.00. The Hall–Kier alpha value is -1.49. The maximum Gasteiger partial charge on any atom is 0.206 e. The number of hydrogen-bond acceptors (Lipinski definition) is 4. The lowest BCUT2D eigenvalue weighted by Gasteiger charge is -2.03. The topological polar surface area (TPSA) is 56.7 Å². The third-order valence-electron chi connectivity index (χ3n) is 2.06. The summed E-state index contributed by atoms with van der Waals surface area (Å²) < 4.78 is 1.37. The van der Waals surface area contributed by atoms with Gasteiger partial charge in [-0.05, 0) is 12.5 Å². The van der Waals surface area contributed by atoms with Crippen LogP contribution in [-0.2, 0) is 0 Å². The van der Waals surface area contributed by atoms with Gasteiger partial charge in [-0.1, -0.05) is 24.3 Å². The molecule has 0 atom stereocenters. The molecule has 4 nitrogen and oxygen atoms in total. The molecule has 0 aliphatic carbocycles. The van der Waals surface area contributed by atoms with Gasteiger partial charge in [0, 0.05) is 5.56 Å². The SMILES string of the molecule is Cc1ccccc1-c1nnc(S)n1N. The van der Waals surface area contributed by atoms with Crippen LogP contribution in [0.4, 0.5) is 0 Å². The third-order valence-corrected chi connectivity index (χ3v) is 2.37.